The number of hydrogen-bond donors (Lipinski definition) is 0. The van der Waals surface area contributed by atoms with Crippen molar-refractivity contribution in [3.63, 3.8) is 0 Å². The first kappa shape index (κ1) is 13.9. The number of methoxy groups -OCH3 is 1. The molecule has 3 rings (SSSR count). The van der Waals surface area contributed by atoms with E-state index in [0.717, 1.165) is 19.0 Å². The Bertz CT molecular complexity index is 454. The van der Waals surface area contributed by atoms with Crippen LogP contribution in [0.3, 0.4) is 0 Å². The van der Waals surface area contributed by atoms with E-state index in [1.54, 1.807) is 7.11 Å². The SMILES string of the molecule is COc1cccc(C2CCN2CC2(C)CCOCC2)c1. The summed E-state index contributed by atoms with van der Waals surface area (Å²) in [7, 11) is 1.74. The van der Waals surface area contributed by atoms with E-state index in [1.165, 1.54) is 37.9 Å². The van der Waals surface area contributed by atoms with Crippen LogP contribution >= 0.6 is 0 Å². The second-order valence-electron chi connectivity index (χ2n) is 6.47. The molecular formula is C17H25NO2. The average molecular weight is 275 g/mol. The smallest absolute Gasteiger partial charge is 0.119 e. The Labute approximate surface area is 121 Å². The predicted octanol–water partition coefficient (Wildman–Crippen LogP) is 3.26. The molecule has 0 aliphatic carbocycles. The Morgan fingerprint density at radius 1 is 1.35 bits per heavy atom. The largest absolute Gasteiger partial charge is 0.497 e. The lowest BCUT2D eigenvalue weighted by molar-refractivity contribution is -0.0251. The molecule has 20 heavy (non-hydrogen) atoms. The molecule has 2 fully saturated rings. The zero-order valence-electron chi connectivity index (χ0n) is 12.6. The van der Waals surface area contributed by atoms with Gasteiger partial charge in [-0.2, -0.15) is 0 Å². The third-order valence-electron chi connectivity index (χ3n) is 4.89. The van der Waals surface area contributed by atoms with E-state index in [2.05, 4.69) is 30.0 Å². The molecule has 2 aliphatic heterocycles. The summed E-state index contributed by atoms with van der Waals surface area (Å²) >= 11 is 0. The third kappa shape index (κ3) is 2.84. The van der Waals surface area contributed by atoms with Gasteiger partial charge in [0.15, 0.2) is 0 Å². The van der Waals surface area contributed by atoms with Gasteiger partial charge in [-0.25, -0.2) is 0 Å². The summed E-state index contributed by atoms with van der Waals surface area (Å²) in [6.45, 7) is 6.68. The minimum Gasteiger partial charge on any atom is -0.497 e. The molecule has 0 amide bonds. The highest BCUT2D eigenvalue weighted by molar-refractivity contribution is 5.31. The summed E-state index contributed by atoms with van der Waals surface area (Å²) in [5, 5.41) is 0. The molecule has 0 radical (unpaired) electrons. The summed E-state index contributed by atoms with van der Waals surface area (Å²) < 4.78 is 10.8. The summed E-state index contributed by atoms with van der Waals surface area (Å²) in [5.41, 5.74) is 1.82. The Morgan fingerprint density at radius 2 is 2.15 bits per heavy atom. The van der Waals surface area contributed by atoms with Crippen molar-refractivity contribution in [1.29, 1.82) is 0 Å². The first-order valence-electron chi connectivity index (χ1n) is 7.66. The minimum atomic E-state index is 0.426. The Morgan fingerprint density at radius 3 is 2.80 bits per heavy atom. The van der Waals surface area contributed by atoms with Gasteiger partial charge < -0.3 is 9.47 Å². The number of likely N-dealkylation sites (tertiary alicyclic amines) is 1. The number of benzene rings is 1. The molecule has 3 nitrogen and oxygen atoms in total. The van der Waals surface area contributed by atoms with Gasteiger partial charge in [0.1, 0.15) is 5.75 Å². The molecule has 3 heteroatoms. The number of rotatable bonds is 4. The molecular weight excluding hydrogens is 250 g/mol. The van der Waals surface area contributed by atoms with Gasteiger partial charge in [0.25, 0.3) is 0 Å². The van der Waals surface area contributed by atoms with Gasteiger partial charge in [-0.15, -0.1) is 0 Å². The third-order valence-corrected chi connectivity index (χ3v) is 4.89. The van der Waals surface area contributed by atoms with Crippen molar-refractivity contribution < 1.29 is 9.47 Å². The van der Waals surface area contributed by atoms with Crippen molar-refractivity contribution in [3.05, 3.63) is 29.8 Å². The summed E-state index contributed by atoms with van der Waals surface area (Å²) in [6.07, 6.45) is 3.64. The fraction of sp³-hybridized carbons (Fsp3) is 0.647. The maximum Gasteiger partial charge on any atom is 0.119 e. The van der Waals surface area contributed by atoms with Crippen molar-refractivity contribution in [2.24, 2.45) is 5.41 Å². The molecule has 2 saturated heterocycles. The number of nitrogens with zero attached hydrogens (tertiary/aromatic N) is 1. The lowest BCUT2D eigenvalue weighted by atomic mass is 9.80. The number of hydrogen-bond acceptors (Lipinski definition) is 3. The molecule has 1 atom stereocenters. The van der Waals surface area contributed by atoms with Gasteiger partial charge in [-0.1, -0.05) is 19.1 Å². The highest BCUT2D eigenvalue weighted by Gasteiger charge is 2.36. The van der Waals surface area contributed by atoms with Crippen molar-refractivity contribution in [1.82, 2.24) is 4.90 Å². The van der Waals surface area contributed by atoms with E-state index in [9.17, 15) is 0 Å². The van der Waals surface area contributed by atoms with Crippen LogP contribution in [0.2, 0.25) is 0 Å². The highest BCUT2D eigenvalue weighted by Crippen LogP contribution is 2.39. The fourth-order valence-electron chi connectivity index (χ4n) is 3.37. The van der Waals surface area contributed by atoms with E-state index < -0.39 is 0 Å². The van der Waals surface area contributed by atoms with Crippen LogP contribution < -0.4 is 4.74 Å². The lowest BCUT2D eigenvalue weighted by Crippen LogP contribution is -2.48. The summed E-state index contributed by atoms with van der Waals surface area (Å²) in [5.74, 6) is 0.964. The topological polar surface area (TPSA) is 21.7 Å². The first-order chi connectivity index (χ1) is 9.70. The van der Waals surface area contributed by atoms with Gasteiger partial charge in [0.2, 0.25) is 0 Å². The van der Waals surface area contributed by atoms with E-state index in [4.69, 9.17) is 9.47 Å². The highest BCUT2D eigenvalue weighted by atomic mass is 16.5. The standard InChI is InChI=1S/C17H25NO2/c1-17(7-10-20-11-8-17)13-18-9-6-16(18)14-4-3-5-15(12-14)19-2/h3-5,12,16H,6-11,13H2,1-2H3. The first-order valence-corrected chi connectivity index (χ1v) is 7.66. The fourth-order valence-corrected chi connectivity index (χ4v) is 3.37. The maximum atomic E-state index is 5.50. The zero-order chi connectivity index (χ0) is 14.0. The van der Waals surface area contributed by atoms with Crippen LogP contribution in [-0.2, 0) is 4.74 Å². The van der Waals surface area contributed by atoms with Gasteiger partial charge >= 0.3 is 0 Å². The normalized spacial score (nSPS) is 26.0. The molecule has 1 unspecified atom stereocenters. The summed E-state index contributed by atoms with van der Waals surface area (Å²) in [6, 6.07) is 9.10. The van der Waals surface area contributed by atoms with E-state index in [1.807, 2.05) is 6.07 Å². The van der Waals surface area contributed by atoms with E-state index in [0.29, 0.717) is 11.5 Å². The molecule has 2 aliphatic rings. The maximum absolute atomic E-state index is 5.50. The van der Waals surface area contributed by atoms with Crippen LogP contribution in [-0.4, -0.2) is 38.3 Å². The zero-order valence-corrected chi connectivity index (χ0v) is 12.6. The van der Waals surface area contributed by atoms with Gasteiger partial charge in [-0.3, -0.25) is 4.90 Å². The van der Waals surface area contributed by atoms with Crippen molar-refractivity contribution in [3.8, 4) is 5.75 Å². The van der Waals surface area contributed by atoms with Crippen LogP contribution in [0.15, 0.2) is 24.3 Å². The molecule has 1 aromatic rings. The van der Waals surface area contributed by atoms with Crippen molar-refractivity contribution >= 4 is 0 Å². The monoisotopic (exact) mass is 275 g/mol. The van der Waals surface area contributed by atoms with Gasteiger partial charge in [-0.05, 0) is 42.4 Å². The quantitative estimate of drug-likeness (QED) is 0.842. The molecule has 0 saturated carbocycles. The molecule has 110 valence electrons. The van der Waals surface area contributed by atoms with Crippen molar-refractivity contribution in [2.75, 3.05) is 33.4 Å². The summed E-state index contributed by atoms with van der Waals surface area (Å²) in [4.78, 5) is 2.63. The van der Waals surface area contributed by atoms with Crippen LogP contribution in [0.1, 0.15) is 37.8 Å². The Kier molecular flexibility index (Phi) is 3.99. The number of ether oxygens (including phenoxy) is 2. The Balaban J connectivity index is 1.66. The molecule has 0 bridgehead atoms. The molecule has 2 heterocycles. The van der Waals surface area contributed by atoms with Gasteiger partial charge in [0, 0.05) is 32.3 Å². The predicted molar refractivity (Wildman–Crippen MR) is 80.1 cm³/mol. The van der Waals surface area contributed by atoms with E-state index >= 15 is 0 Å². The molecule has 0 spiro atoms. The van der Waals surface area contributed by atoms with E-state index in [-0.39, 0.29) is 0 Å². The lowest BCUT2D eigenvalue weighted by Gasteiger charge is -2.47. The second kappa shape index (κ2) is 5.74. The Hall–Kier alpha value is -1.06. The van der Waals surface area contributed by atoms with Gasteiger partial charge in [0.05, 0.1) is 7.11 Å². The van der Waals surface area contributed by atoms with Crippen molar-refractivity contribution in [2.45, 2.75) is 32.2 Å². The molecule has 0 N–H and O–H groups in total. The molecule has 1 aromatic carbocycles. The minimum absolute atomic E-state index is 0.426. The van der Waals surface area contributed by atoms with Crippen LogP contribution in [0.25, 0.3) is 0 Å². The molecule has 0 aromatic heterocycles. The van der Waals surface area contributed by atoms with Crippen LogP contribution in [0.5, 0.6) is 5.75 Å². The van der Waals surface area contributed by atoms with Crippen LogP contribution in [0, 0.1) is 5.41 Å². The second-order valence-corrected chi connectivity index (χ2v) is 6.47. The van der Waals surface area contributed by atoms with Crippen LogP contribution in [0.4, 0.5) is 0 Å². The average Bonchev–Trinajstić information content (AvgIpc) is 2.45.